The van der Waals surface area contributed by atoms with Gasteiger partial charge in [0.05, 0.1) is 18.1 Å². The SMILES string of the molecule is COc1ccc(Cc2nc3c(N)nc4ccccc4c3n2CCCCNC(C)=O)cc1. The van der Waals surface area contributed by atoms with E-state index in [-0.39, 0.29) is 5.91 Å². The Morgan fingerprint density at radius 2 is 1.87 bits per heavy atom. The first-order valence-electron chi connectivity index (χ1n) is 10.5. The van der Waals surface area contributed by atoms with Gasteiger partial charge in [-0.05, 0) is 36.6 Å². The number of fused-ring (bicyclic) bond motifs is 3. The fraction of sp³-hybridized carbons (Fsp3) is 0.292. The van der Waals surface area contributed by atoms with Gasteiger partial charge in [-0.1, -0.05) is 30.3 Å². The minimum absolute atomic E-state index is 0.00174. The number of pyridine rings is 1. The van der Waals surface area contributed by atoms with Gasteiger partial charge < -0.3 is 20.4 Å². The highest BCUT2D eigenvalue weighted by Crippen LogP contribution is 2.30. The van der Waals surface area contributed by atoms with E-state index in [1.807, 2.05) is 30.3 Å². The molecule has 0 bridgehead atoms. The zero-order valence-electron chi connectivity index (χ0n) is 17.9. The highest BCUT2D eigenvalue weighted by molar-refractivity contribution is 6.06. The minimum atomic E-state index is -0.00174. The van der Waals surface area contributed by atoms with Crippen molar-refractivity contribution in [2.45, 2.75) is 32.7 Å². The number of unbranched alkanes of at least 4 members (excludes halogenated alkanes) is 1. The highest BCUT2D eigenvalue weighted by Gasteiger charge is 2.17. The Hall–Kier alpha value is -3.61. The molecular weight excluding hydrogens is 390 g/mol. The van der Waals surface area contributed by atoms with Crippen LogP contribution in [0.15, 0.2) is 48.5 Å². The number of nitrogen functional groups attached to an aromatic ring is 1. The van der Waals surface area contributed by atoms with E-state index in [4.69, 9.17) is 15.5 Å². The lowest BCUT2D eigenvalue weighted by Gasteiger charge is -2.11. The minimum Gasteiger partial charge on any atom is -0.497 e. The smallest absolute Gasteiger partial charge is 0.216 e. The van der Waals surface area contributed by atoms with E-state index in [9.17, 15) is 4.79 Å². The number of nitrogens with zero attached hydrogens (tertiary/aromatic N) is 3. The number of nitrogens with one attached hydrogen (secondary N) is 1. The average molecular weight is 418 g/mol. The van der Waals surface area contributed by atoms with E-state index in [0.717, 1.165) is 58.5 Å². The van der Waals surface area contributed by atoms with Gasteiger partial charge in [-0.3, -0.25) is 4.79 Å². The first kappa shape index (κ1) is 20.7. The van der Waals surface area contributed by atoms with Crippen LogP contribution in [-0.4, -0.2) is 34.1 Å². The lowest BCUT2D eigenvalue weighted by Crippen LogP contribution is -2.21. The van der Waals surface area contributed by atoms with Crippen LogP contribution < -0.4 is 15.8 Å². The number of anilines is 1. The Morgan fingerprint density at radius 3 is 2.61 bits per heavy atom. The monoisotopic (exact) mass is 417 g/mol. The number of nitrogens with two attached hydrogens (primary N) is 1. The third-order valence-corrected chi connectivity index (χ3v) is 5.39. The largest absolute Gasteiger partial charge is 0.497 e. The van der Waals surface area contributed by atoms with Crippen LogP contribution in [0.1, 0.15) is 31.2 Å². The Balaban J connectivity index is 1.73. The van der Waals surface area contributed by atoms with Gasteiger partial charge in [0.15, 0.2) is 5.82 Å². The van der Waals surface area contributed by atoms with Gasteiger partial charge in [-0.2, -0.15) is 0 Å². The molecule has 31 heavy (non-hydrogen) atoms. The molecule has 0 unspecified atom stereocenters. The van der Waals surface area contributed by atoms with Gasteiger partial charge >= 0.3 is 0 Å². The van der Waals surface area contributed by atoms with Gasteiger partial charge in [-0.25, -0.2) is 9.97 Å². The summed E-state index contributed by atoms with van der Waals surface area (Å²) in [4.78, 5) is 20.6. The third-order valence-electron chi connectivity index (χ3n) is 5.39. The lowest BCUT2D eigenvalue weighted by molar-refractivity contribution is -0.118. The first-order valence-corrected chi connectivity index (χ1v) is 10.5. The molecule has 7 heteroatoms. The molecule has 3 N–H and O–H groups in total. The van der Waals surface area contributed by atoms with Crippen molar-refractivity contribution < 1.29 is 9.53 Å². The Labute approximate surface area is 181 Å². The number of hydrogen-bond acceptors (Lipinski definition) is 5. The van der Waals surface area contributed by atoms with Crippen molar-refractivity contribution in [1.82, 2.24) is 19.9 Å². The van der Waals surface area contributed by atoms with Crippen molar-refractivity contribution in [3.8, 4) is 5.75 Å². The zero-order valence-corrected chi connectivity index (χ0v) is 17.9. The molecule has 0 aliphatic carbocycles. The average Bonchev–Trinajstić information content (AvgIpc) is 3.13. The number of imidazole rings is 1. The number of aryl methyl sites for hydroxylation is 1. The summed E-state index contributed by atoms with van der Waals surface area (Å²) >= 11 is 0. The number of carbonyl (C=O) groups is 1. The number of rotatable bonds is 8. The van der Waals surface area contributed by atoms with Crippen molar-refractivity contribution in [3.05, 3.63) is 59.9 Å². The highest BCUT2D eigenvalue weighted by atomic mass is 16.5. The maximum atomic E-state index is 11.1. The molecule has 0 spiro atoms. The van der Waals surface area contributed by atoms with E-state index in [1.165, 1.54) is 6.92 Å². The number of ether oxygens (including phenoxy) is 1. The number of methoxy groups -OCH3 is 1. The van der Waals surface area contributed by atoms with Gasteiger partial charge in [0.1, 0.15) is 17.1 Å². The van der Waals surface area contributed by atoms with Crippen molar-refractivity contribution in [2.24, 2.45) is 0 Å². The molecule has 160 valence electrons. The van der Waals surface area contributed by atoms with Crippen LogP contribution in [0.3, 0.4) is 0 Å². The topological polar surface area (TPSA) is 95.1 Å². The van der Waals surface area contributed by atoms with Crippen LogP contribution in [0.25, 0.3) is 21.9 Å². The van der Waals surface area contributed by atoms with Crippen LogP contribution >= 0.6 is 0 Å². The summed E-state index contributed by atoms with van der Waals surface area (Å²) < 4.78 is 7.53. The second-order valence-electron chi connectivity index (χ2n) is 7.61. The summed E-state index contributed by atoms with van der Waals surface area (Å²) in [5.41, 5.74) is 10.1. The van der Waals surface area contributed by atoms with Gasteiger partial charge in [0.2, 0.25) is 5.91 Å². The Bertz CT molecular complexity index is 1210. The van der Waals surface area contributed by atoms with Crippen molar-refractivity contribution in [1.29, 1.82) is 0 Å². The fourth-order valence-corrected chi connectivity index (χ4v) is 3.87. The number of amides is 1. The zero-order chi connectivity index (χ0) is 21.8. The second-order valence-corrected chi connectivity index (χ2v) is 7.61. The normalized spacial score (nSPS) is 11.2. The van der Waals surface area contributed by atoms with E-state index >= 15 is 0 Å². The summed E-state index contributed by atoms with van der Waals surface area (Å²) in [6.45, 7) is 2.99. The van der Waals surface area contributed by atoms with Crippen LogP contribution in [0, 0.1) is 0 Å². The Morgan fingerprint density at radius 1 is 1.10 bits per heavy atom. The molecule has 4 aromatic rings. The van der Waals surface area contributed by atoms with Crippen molar-refractivity contribution in [3.63, 3.8) is 0 Å². The van der Waals surface area contributed by atoms with E-state index in [2.05, 4.69) is 33.1 Å². The molecule has 0 saturated heterocycles. The number of aromatic nitrogens is 3. The summed E-state index contributed by atoms with van der Waals surface area (Å²) in [6.07, 6.45) is 2.48. The molecule has 0 fully saturated rings. The maximum absolute atomic E-state index is 11.1. The van der Waals surface area contributed by atoms with Crippen LogP contribution in [0.2, 0.25) is 0 Å². The molecule has 0 radical (unpaired) electrons. The molecule has 2 aromatic carbocycles. The quantitative estimate of drug-likeness (QED) is 0.427. The predicted octanol–water partition coefficient (Wildman–Crippen LogP) is 3.68. The summed E-state index contributed by atoms with van der Waals surface area (Å²) in [5.74, 6) is 2.22. The Kier molecular flexibility index (Phi) is 6.02. The molecule has 0 saturated carbocycles. The summed E-state index contributed by atoms with van der Waals surface area (Å²) in [5, 5.41) is 3.90. The van der Waals surface area contributed by atoms with Crippen LogP contribution in [0.5, 0.6) is 5.75 Å². The van der Waals surface area contributed by atoms with E-state index in [1.54, 1.807) is 7.11 Å². The number of para-hydroxylation sites is 1. The molecule has 0 atom stereocenters. The van der Waals surface area contributed by atoms with E-state index < -0.39 is 0 Å². The maximum Gasteiger partial charge on any atom is 0.216 e. The summed E-state index contributed by atoms with van der Waals surface area (Å²) in [6, 6.07) is 16.0. The molecule has 1 amide bonds. The standard InChI is InChI=1S/C24H27N5O2/c1-16(30)26-13-5-6-14-29-21(15-17-9-11-18(31-2)12-10-17)28-22-23(29)19-7-3-4-8-20(19)27-24(22)25/h3-4,7-12H,5-6,13-15H2,1-2H3,(H2,25,27)(H,26,30). The molecule has 4 rings (SSSR count). The lowest BCUT2D eigenvalue weighted by atomic mass is 10.1. The fourth-order valence-electron chi connectivity index (χ4n) is 3.87. The number of benzene rings is 2. The third kappa shape index (κ3) is 4.45. The first-order chi connectivity index (χ1) is 15.1. The van der Waals surface area contributed by atoms with Gasteiger partial charge in [-0.15, -0.1) is 0 Å². The number of hydrogen-bond donors (Lipinski definition) is 2. The van der Waals surface area contributed by atoms with E-state index in [0.29, 0.717) is 18.8 Å². The molecule has 2 heterocycles. The van der Waals surface area contributed by atoms with Crippen molar-refractivity contribution >= 4 is 33.7 Å². The van der Waals surface area contributed by atoms with Gasteiger partial charge in [0, 0.05) is 31.8 Å². The molecular formula is C24H27N5O2. The molecule has 0 aliphatic rings. The summed E-state index contributed by atoms with van der Waals surface area (Å²) in [7, 11) is 1.66. The van der Waals surface area contributed by atoms with Crippen LogP contribution in [-0.2, 0) is 17.8 Å². The molecule has 0 aliphatic heterocycles. The van der Waals surface area contributed by atoms with Crippen LogP contribution in [0.4, 0.5) is 5.82 Å². The number of carbonyl (C=O) groups excluding carboxylic acids is 1. The molecule has 7 nitrogen and oxygen atoms in total. The van der Waals surface area contributed by atoms with Gasteiger partial charge in [0.25, 0.3) is 0 Å². The second kappa shape index (κ2) is 9.04. The van der Waals surface area contributed by atoms with Crippen molar-refractivity contribution in [2.75, 3.05) is 19.4 Å². The predicted molar refractivity (Wildman–Crippen MR) is 123 cm³/mol. The molecule has 2 aromatic heterocycles.